The Labute approximate surface area is 156 Å². The summed E-state index contributed by atoms with van der Waals surface area (Å²) in [5.41, 5.74) is -0.0858. The predicted molar refractivity (Wildman–Crippen MR) is 102 cm³/mol. The summed E-state index contributed by atoms with van der Waals surface area (Å²) >= 11 is 13.3. The van der Waals surface area contributed by atoms with Gasteiger partial charge in [-0.25, -0.2) is 0 Å². The largest absolute Gasteiger partial charge is 0.490 e. The van der Waals surface area contributed by atoms with Gasteiger partial charge in [-0.2, -0.15) is 5.26 Å². The van der Waals surface area contributed by atoms with Crippen molar-refractivity contribution in [3.8, 4) is 11.8 Å². The van der Waals surface area contributed by atoms with E-state index in [1.165, 1.54) is 11.8 Å². The summed E-state index contributed by atoms with van der Waals surface area (Å²) in [4.78, 5) is 4.60. The molecular formula is C18H16Cl2N2OS. The quantitative estimate of drug-likeness (QED) is 0.512. The number of thioether (sulfide) groups is 1. The Kier molecular flexibility index (Phi) is 6.56. The van der Waals surface area contributed by atoms with E-state index < -0.39 is 5.54 Å². The van der Waals surface area contributed by atoms with Crippen molar-refractivity contribution in [2.24, 2.45) is 4.99 Å². The van der Waals surface area contributed by atoms with E-state index in [0.29, 0.717) is 15.8 Å². The van der Waals surface area contributed by atoms with E-state index in [0.717, 1.165) is 10.6 Å². The van der Waals surface area contributed by atoms with Crippen molar-refractivity contribution in [1.82, 2.24) is 0 Å². The molecule has 2 rings (SSSR count). The molecule has 24 heavy (non-hydrogen) atoms. The van der Waals surface area contributed by atoms with Crippen LogP contribution in [-0.2, 0) is 0 Å². The fraction of sp³-hybridized carbons (Fsp3) is 0.222. The van der Waals surface area contributed by atoms with Crippen LogP contribution in [0.5, 0.6) is 5.75 Å². The van der Waals surface area contributed by atoms with E-state index in [9.17, 15) is 5.26 Å². The molecule has 0 heterocycles. The van der Waals surface area contributed by atoms with Crippen LogP contribution < -0.4 is 4.74 Å². The third kappa shape index (κ3) is 5.17. The van der Waals surface area contributed by atoms with Crippen LogP contribution in [0.1, 0.15) is 12.5 Å². The molecule has 0 amide bonds. The van der Waals surface area contributed by atoms with E-state index >= 15 is 0 Å². The summed E-state index contributed by atoms with van der Waals surface area (Å²) in [6, 6.07) is 16.6. The van der Waals surface area contributed by atoms with E-state index in [2.05, 4.69) is 11.1 Å². The van der Waals surface area contributed by atoms with Crippen LogP contribution in [0.4, 0.5) is 0 Å². The molecule has 0 radical (unpaired) electrons. The molecule has 0 fully saturated rings. The van der Waals surface area contributed by atoms with Crippen LogP contribution in [0.25, 0.3) is 0 Å². The molecule has 0 aliphatic rings. The molecule has 1 atom stereocenters. The monoisotopic (exact) mass is 378 g/mol. The van der Waals surface area contributed by atoms with Gasteiger partial charge < -0.3 is 4.74 Å². The molecule has 1 unspecified atom stereocenters. The number of nitrogens with zero attached hydrogens (tertiary/aromatic N) is 2. The van der Waals surface area contributed by atoms with Gasteiger partial charge in [0, 0.05) is 15.6 Å². The minimum atomic E-state index is -1.00. The molecule has 0 spiro atoms. The molecule has 0 bridgehead atoms. The molecule has 124 valence electrons. The van der Waals surface area contributed by atoms with E-state index in [4.69, 9.17) is 27.9 Å². The molecule has 0 saturated carbocycles. The Hall–Kier alpha value is -1.67. The first-order valence-electron chi connectivity index (χ1n) is 7.15. The van der Waals surface area contributed by atoms with E-state index in [1.54, 1.807) is 43.3 Å². The number of hydrogen-bond donors (Lipinski definition) is 0. The van der Waals surface area contributed by atoms with Crippen molar-refractivity contribution in [2.75, 3.05) is 12.9 Å². The fourth-order valence-corrected chi connectivity index (χ4v) is 2.81. The lowest BCUT2D eigenvalue weighted by atomic mass is 10.1. The maximum atomic E-state index is 9.55. The molecule has 0 N–H and O–H groups in total. The average molecular weight is 379 g/mol. The Morgan fingerprint density at radius 1 is 1.12 bits per heavy atom. The van der Waals surface area contributed by atoms with Crippen molar-refractivity contribution in [3.63, 3.8) is 0 Å². The predicted octanol–water partition coefficient (Wildman–Crippen LogP) is 5.46. The second kappa shape index (κ2) is 8.43. The van der Waals surface area contributed by atoms with Gasteiger partial charge in [0.15, 0.2) is 5.54 Å². The molecule has 3 nitrogen and oxygen atoms in total. The summed E-state index contributed by atoms with van der Waals surface area (Å²) in [5.74, 6) is 0.647. The van der Waals surface area contributed by atoms with Crippen LogP contribution in [-0.4, -0.2) is 23.4 Å². The van der Waals surface area contributed by atoms with Gasteiger partial charge in [0.2, 0.25) is 0 Å². The Bertz CT molecular complexity index is 754. The molecule has 2 aromatic rings. The van der Waals surface area contributed by atoms with Crippen LogP contribution in [0.3, 0.4) is 0 Å². The third-order valence-electron chi connectivity index (χ3n) is 3.21. The maximum absolute atomic E-state index is 9.55. The number of hydrogen-bond acceptors (Lipinski definition) is 4. The number of benzene rings is 2. The van der Waals surface area contributed by atoms with Gasteiger partial charge in [-0.1, -0.05) is 35.3 Å². The normalized spacial score (nSPS) is 13.9. The van der Waals surface area contributed by atoms with E-state index in [-0.39, 0.29) is 6.61 Å². The average Bonchev–Trinajstić information content (AvgIpc) is 2.60. The fourth-order valence-electron chi connectivity index (χ4n) is 1.89. The maximum Gasteiger partial charge on any atom is 0.179 e. The molecule has 0 aromatic heterocycles. The molecular weight excluding hydrogens is 363 g/mol. The van der Waals surface area contributed by atoms with Gasteiger partial charge in [-0.3, -0.25) is 4.99 Å². The Morgan fingerprint density at radius 3 is 2.17 bits per heavy atom. The van der Waals surface area contributed by atoms with Crippen molar-refractivity contribution in [3.05, 3.63) is 64.1 Å². The van der Waals surface area contributed by atoms with Crippen molar-refractivity contribution in [1.29, 1.82) is 5.26 Å². The first-order chi connectivity index (χ1) is 11.5. The third-order valence-corrected chi connectivity index (χ3v) is 4.42. The highest BCUT2D eigenvalue weighted by molar-refractivity contribution is 8.13. The molecule has 0 saturated heterocycles. The zero-order valence-electron chi connectivity index (χ0n) is 13.3. The minimum Gasteiger partial charge on any atom is -0.490 e. The van der Waals surface area contributed by atoms with E-state index in [1.807, 2.05) is 18.4 Å². The zero-order chi connectivity index (χ0) is 17.6. The Balaban J connectivity index is 2.18. The van der Waals surface area contributed by atoms with Crippen molar-refractivity contribution >= 4 is 40.0 Å². The smallest absolute Gasteiger partial charge is 0.179 e. The van der Waals surface area contributed by atoms with Gasteiger partial charge in [0.05, 0.1) is 11.1 Å². The summed E-state index contributed by atoms with van der Waals surface area (Å²) in [6.45, 7) is 1.89. The summed E-state index contributed by atoms with van der Waals surface area (Å²) in [7, 11) is 0. The van der Waals surface area contributed by atoms with Gasteiger partial charge in [-0.05, 0) is 49.6 Å². The molecule has 0 aliphatic carbocycles. The summed E-state index contributed by atoms with van der Waals surface area (Å²) < 4.78 is 5.70. The highest BCUT2D eigenvalue weighted by Gasteiger charge is 2.25. The first kappa shape index (κ1) is 18.7. The molecule has 2 aromatic carbocycles. The van der Waals surface area contributed by atoms with Crippen molar-refractivity contribution < 1.29 is 4.74 Å². The van der Waals surface area contributed by atoms with Crippen LogP contribution >= 0.6 is 35.0 Å². The second-order valence-corrected chi connectivity index (χ2v) is 6.92. The standard InChI is InChI=1S/C18H16Cl2N2OS/c1-18(11-21,12-23-16-9-7-15(20)8-10-16)22-17(24-2)13-3-5-14(19)6-4-13/h3-10H,12H2,1-2H3. The first-order valence-corrected chi connectivity index (χ1v) is 9.13. The van der Waals surface area contributed by atoms with Gasteiger partial charge in [-0.15, -0.1) is 11.8 Å². The SMILES string of the molecule is CSC(=NC(C)(C#N)COc1ccc(Cl)cc1)c1ccc(Cl)cc1. The number of rotatable bonds is 5. The van der Waals surface area contributed by atoms with Crippen molar-refractivity contribution in [2.45, 2.75) is 12.5 Å². The molecule has 0 aliphatic heterocycles. The number of aliphatic imine (C=N–C) groups is 1. The highest BCUT2D eigenvalue weighted by atomic mass is 35.5. The summed E-state index contributed by atoms with van der Waals surface area (Å²) in [6.07, 6.45) is 1.92. The van der Waals surface area contributed by atoms with Crippen LogP contribution in [0.2, 0.25) is 10.0 Å². The summed E-state index contributed by atoms with van der Waals surface area (Å²) in [5, 5.41) is 11.6. The van der Waals surface area contributed by atoms with Gasteiger partial charge >= 0.3 is 0 Å². The lowest BCUT2D eigenvalue weighted by molar-refractivity contribution is 0.266. The lowest BCUT2D eigenvalue weighted by Crippen LogP contribution is -2.30. The topological polar surface area (TPSA) is 45.4 Å². The number of nitriles is 1. The van der Waals surface area contributed by atoms with Gasteiger partial charge in [0.25, 0.3) is 0 Å². The zero-order valence-corrected chi connectivity index (χ0v) is 15.6. The van der Waals surface area contributed by atoms with Crippen LogP contribution in [0, 0.1) is 11.3 Å². The lowest BCUT2D eigenvalue weighted by Gasteiger charge is -2.19. The van der Waals surface area contributed by atoms with Crippen LogP contribution in [0.15, 0.2) is 53.5 Å². The van der Waals surface area contributed by atoms with Gasteiger partial charge in [0.1, 0.15) is 12.4 Å². The second-order valence-electron chi connectivity index (χ2n) is 5.26. The Morgan fingerprint density at radius 2 is 1.67 bits per heavy atom. The number of ether oxygens (including phenoxy) is 1. The highest BCUT2D eigenvalue weighted by Crippen LogP contribution is 2.22. The minimum absolute atomic E-state index is 0.142. The molecule has 6 heteroatoms. The number of halogens is 2.